The van der Waals surface area contributed by atoms with Gasteiger partial charge in [0.15, 0.2) is 0 Å². The molecule has 5 nitrogen and oxygen atoms in total. The molecule has 0 spiro atoms. The first kappa shape index (κ1) is 11.7. The number of carboxylic acids is 1. The van der Waals surface area contributed by atoms with Crippen LogP contribution < -0.4 is 5.32 Å². The van der Waals surface area contributed by atoms with Gasteiger partial charge in [-0.25, -0.2) is 0 Å². The minimum absolute atomic E-state index is 0.482. The maximum absolute atomic E-state index is 10.8. The second kappa shape index (κ2) is 4.93. The molecule has 0 bridgehead atoms. The van der Waals surface area contributed by atoms with Gasteiger partial charge in [-0.3, -0.25) is 9.48 Å². The van der Waals surface area contributed by atoms with E-state index in [2.05, 4.69) is 10.4 Å². The van der Waals surface area contributed by atoms with Gasteiger partial charge in [0.1, 0.15) is 6.04 Å². The third-order valence-corrected chi connectivity index (χ3v) is 2.58. The van der Waals surface area contributed by atoms with Crippen LogP contribution in [0.5, 0.6) is 0 Å². The van der Waals surface area contributed by atoms with Crippen molar-refractivity contribution in [3.63, 3.8) is 0 Å². The Kier molecular flexibility index (Phi) is 3.85. The van der Waals surface area contributed by atoms with Crippen LogP contribution in [0, 0.1) is 6.92 Å². The van der Waals surface area contributed by atoms with Gasteiger partial charge in [-0.05, 0) is 13.3 Å². The summed E-state index contributed by atoms with van der Waals surface area (Å²) in [6.45, 7) is 4.36. The molecule has 0 radical (unpaired) electrons. The molecule has 0 aliphatic heterocycles. The quantitative estimate of drug-likeness (QED) is 0.751. The molecule has 1 unspecified atom stereocenters. The van der Waals surface area contributed by atoms with Crippen LogP contribution in [0.15, 0.2) is 6.20 Å². The fourth-order valence-corrected chi connectivity index (χ4v) is 1.36. The molecule has 1 rings (SSSR count). The topological polar surface area (TPSA) is 67.2 Å². The predicted octanol–water partition coefficient (Wildman–Crippen LogP) is 0.681. The predicted molar refractivity (Wildman–Crippen MR) is 56.5 cm³/mol. The van der Waals surface area contributed by atoms with Crippen LogP contribution in [0.25, 0.3) is 0 Å². The van der Waals surface area contributed by atoms with Crippen molar-refractivity contribution in [2.75, 3.05) is 0 Å². The Balaban J connectivity index is 2.56. The van der Waals surface area contributed by atoms with E-state index in [0.717, 1.165) is 11.3 Å². The van der Waals surface area contributed by atoms with E-state index in [1.807, 2.05) is 20.9 Å². The number of hydrogen-bond acceptors (Lipinski definition) is 3. The van der Waals surface area contributed by atoms with Gasteiger partial charge in [0, 0.05) is 24.8 Å². The maximum atomic E-state index is 10.8. The Morgan fingerprint density at radius 1 is 1.73 bits per heavy atom. The molecule has 1 aromatic heterocycles. The highest BCUT2D eigenvalue weighted by molar-refractivity contribution is 5.73. The van der Waals surface area contributed by atoms with E-state index in [-0.39, 0.29) is 0 Å². The van der Waals surface area contributed by atoms with Crippen molar-refractivity contribution in [2.24, 2.45) is 7.05 Å². The van der Waals surface area contributed by atoms with Crippen LogP contribution in [0.4, 0.5) is 0 Å². The first-order chi connectivity index (χ1) is 7.06. The number of nitrogens with zero attached hydrogens (tertiary/aromatic N) is 2. The Morgan fingerprint density at radius 2 is 2.40 bits per heavy atom. The normalized spacial score (nSPS) is 12.7. The van der Waals surface area contributed by atoms with E-state index in [1.165, 1.54) is 0 Å². The van der Waals surface area contributed by atoms with Crippen LogP contribution in [0.2, 0.25) is 0 Å². The van der Waals surface area contributed by atoms with Crippen LogP contribution in [0.3, 0.4) is 0 Å². The molecule has 1 aromatic rings. The summed E-state index contributed by atoms with van der Waals surface area (Å²) in [4.78, 5) is 10.8. The number of aliphatic carboxylic acids is 1. The minimum Gasteiger partial charge on any atom is -0.480 e. The smallest absolute Gasteiger partial charge is 0.320 e. The Morgan fingerprint density at radius 3 is 2.80 bits per heavy atom. The van der Waals surface area contributed by atoms with E-state index < -0.39 is 12.0 Å². The van der Waals surface area contributed by atoms with Gasteiger partial charge in [0.05, 0.1) is 6.20 Å². The largest absolute Gasteiger partial charge is 0.480 e. The average molecular weight is 211 g/mol. The Labute approximate surface area is 89.1 Å². The number of aryl methyl sites for hydroxylation is 1. The zero-order valence-corrected chi connectivity index (χ0v) is 9.32. The Hall–Kier alpha value is -1.36. The molecule has 0 aliphatic carbocycles. The summed E-state index contributed by atoms with van der Waals surface area (Å²) in [6.07, 6.45) is 2.34. The summed E-state index contributed by atoms with van der Waals surface area (Å²) in [7, 11) is 1.87. The second-order valence-corrected chi connectivity index (χ2v) is 3.56. The fraction of sp³-hybridized carbons (Fsp3) is 0.600. The van der Waals surface area contributed by atoms with Crippen molar-refractivity contribution in [1.82, 2.24) is 15.1 Å². The van der Waals surface area contributed by atoms with Crippen LogP contribution in [0.1, 0.15) is 24.6 Å². The van der Waals surface area contributed by atoms with Gasteiger partial charge in [-0.15, -0.1) is 0 Å². The number of carbonyl (C=O) groups is 1. The zero-order chi connectivity index (χ0) is 11.4. The highest BCUT2D eigenvalue weighted by Crippen LogP contribution is 2.05. The standard InChI is InChI=1S/C10H17N3O2/c1-4-9(10(14)15)11-5-8-6-12-13(3)7(8)2/h6,9,11H,4-5H2,1-3H3,(H,14,15). The molecule has 0 amide bonds. The number of carboxylic acid groups (broad SMARTS) is 1. The lowest BCUT2D eigenvalue weighted by Gasteiger charge is -2.11. The third-order valence-electron chi connectivity index (χ3n) is 2.58. The Bertz CT molecular complexity index is 346. The first-order valence-corrected chi connectivity index (χ1v) is 5.00. The van der Waals surface area contributed by atoms with Crippen molar-refractivity contribution in [2.45, 2.75) is 32.9 Å². The second-order valence-electron chi connectivity index (χ2n) is 3.56. The van der Waals surface area contributed by atoms with Crippen molar-refractivity contribution in [3.8, 4) is 0 Å². The number of aromatic nitrogens is 2. The molecule has 5 heteroatoms. The van der Waals surface area contributed by atoms with Crippen molar-refractivity contribution < 1.29 is 9.90 Å². The zero-order valence-electron chi connectivity index (χ0n) is 9.32. The SMILES string of the molecule is CCC(NCc1cnn(C)c1C)C(=O)O. The molecule has 0 saturated carbocycles. The monoisotopic (exact) mass is 211 g/mol. The number of rotatable bonds is 5. The fourth-order valence-electron chi connectivity index (χ4n) is 1.36. The van der Waals surface area contributed by atoms with E-state index in [9.17, 15) is 4.79 Å². The van der Waals surface area contributed by atoms with Crippen molar-refractivity contribution in [1.29, 1.82) is 0 Å². The van der Waals surface area contributed by atoms with E-state index >= 15 is 0 Å². The summed E-state index contributed by atoms with van der Waals surface area (Å²) in [5.74, 6) is -0.806. The molecular formula is C10H17N3O2. The minimum atomic E-state index is -0.806. The molecule has 15 heavy (non-hydrogen) atoms. The summed E-state index contributed by atoms with van der Waals surface area (Å²) in [6, 6.07) is -0.482. The van der Waals surface area contributed by atoms with Crippen LogP contribution in [-0.2, 0) is 18.4 Å². The summed E-state index contributed by atoms with van der Waals surface area (Å²) in [5.41, 5.74) is 2.10. The van der Waals surface area contributed by atoms with Gasteiger partial charge in [0.25, 0.3) is 0 Å². The molecule has 1 heterocycles. The van der Waals surface area contributed by atoms with Crippen LogP contribution in [-0.4, -0.2) is 26.9 Å². The molecule has 0 aromatic carbocycles. The molecule has 84 valence electrons. The van der Waals surface area contributed by atoms with Crippen LogP contribution >= 0.6 is 0 Å². The lowest BCUT2D eigenvalue weighted by molar-refractivity contribution is -0.139. The van der Waals surface area contributed by atoms with E-state index in [0.29, 0.717) is 13.0 Å². The summed E-state index contributed by atoms with van der Waals surface area (Å²) >= 11 is 0. The van der Waals surface area contributed by atoms with Gasteiger partial charge < -0.3 is 10.4 Å². The van der Waals surface area contributed by atoms with Gasteiger partial charge in [-0.2, -0.15) is 5.10 Å². The maximum Gasteiger partial charge on any atom is 0.320 e. The first-order valence-electron chi connectivity index (χ1n) is 5.00. The third kappa shape index (κ3) is 2.79. The van der Waals surface area contributed by atoms with Gasteiger partial charge >= 0.3 is 5.97 Å². The van der Waals surface area contributed by atoms with E-state index in [1.54, 1.807) is 10.9 Å². The highest BCUT2D eigenvalue weighted by atomic mass is 16.4. The molecular weight excluding hydrogens is 194 g/mol. The van der Waals surface area contributed by atoms with Gasteiger partial charge in [-0.1, -0.05) is 6.92 Å². The number of nitrogens with one attached hydrogen (secondary N) is 1. The molecule has 2 N–H and O–H groups in total. The molecule has 1 atom stereocenters. The summed E-state index contributed by atoms with van der Waals surface area (Å²) < 4.78 is 1.78. The lowest BCUT2D eigenvalue weighted by Crippen LogP contribution is -2.35. The van der Waals surface area contributed by atoms with Gasteiger partial charge in [0.2, 0.25) is 0 Å². The molecule has 0 aliphatic rings. The molecule has 0 saturated heterocycles. The highest BCUT2D eigenvalue weighted by Gasteiger charge is 2.14. The van der Waals surface area contributed by atoms with E-state index in [4.69, 9.17) is 5.11 Å². The summed E-state index contributed by atoms with van der Waals surface area (Å²) in [5, 5.41) is 15.9. The molecule has 0 fully saturated rings. The lowest BCUT2D eigenvalue weighted by atomic mass is 10.2. The van der Waals surface area contributed by atoms with Crippen molar-refractivity contribution in [3.05, 3.63) is 17.5 Å². The average Bonchev–Trinajstić information content (AvgIpc) is 2.49. The number of hydrogen-bond donors (Lipinski definition) is 2. The van der Waals surface area contributed by atoms with Crippen molar-refractivity contribution >= 4 is 5.97 Å².